The molecule has 1 aromatic carbocycles. The van der Waals surface area contributed by atoms with Gasteiger partial charge in [-0.25, -0.2) is 4.68 Å². The van der Waals surface area contributed by atoms with Crippen LogP contribution in [0.4, 0.5) is 0 Å². The lowest BCUT2D eigenvalue weighted by Gasteiger charge is -2.19. The minimum Gasteiger partial charge on any atom is -0.481 e. The number of carboxylic acid groups (broad SMARTS) is 1. The van der Waals surface area contributed by atoms with Crippen molar-refractivity contribution in [2.45, 2.75) is 45.6 Å². The third kappa shape index (κ3) is 3.87. The topological polar surface area (TPSA) is 80.9 Å². The number of tetrazole rings is 1. The Labute approximate surface area is 123 Å². The van der Waals surface area contributed by atoms with Gasteiger partial charge in [0.1, 0.15) is 0 Å². The molecule has 0 aliphatic rings. The first-order chi connectivity index (χ1) is 9.88. The fraction of sp³-hybridized carbons (Fsp3) is 0.467. The van der Waals surface area contributed by atoms with E-state index >= 15 is 0 Å². The predicted octanol–water partition coefficient (Wildman–Crippen LogP) is 2.50. The molecule has 1 heterocycles. The molecule has 0 amide bonds. The lowest BCUT2D eigenvalue weighted by Crippen LogP contribution is -2.10. The van der Waals surface area contributed by atoms with Gasteiger partial charge in [-0.2, -0.15) is 0 Å². The van der Waals surface area contributed by atoms with Crippen molar-refractivity contribution in [3.8, 4) is 11.4 Å². The number of aliphatic carboxylic acids is 1. The number of rotatable bonds is 5. The Balaban J connectivity index is 2.15. The van der Waals surface area contributed by atoms with Crippen LogP contribution in [0.15, 0.2) is 24.3 Å². The van der Waals surface area contributed by atoms with Crippen LogP contribution in [0.2, 0.25) is 0 Å². The predicted molar refractivity (Wildman–Crippen MR) is 78.8 cm³/mol. The molecular weight excluding hydrogens is 268 g/mol. The van der Waals surface area contributed by atoms with Gasteiger partial charge in [-0.3, -0.25) is 4.79 Å². The molecule has 0 atom stereocenters. The maximum atomic E-state index is 10.6. The smallest absolute Gasteiger partial charge is 0.303 e. The van der Waals surface area contributed by atoms with E-state index in [4.69, 9.17) is 5.11 Å². The van der Waals surface area contributed by atoms with E-state index in [2.05, 4.69) is 48.4 Å². The van der Waals surface area contributed by atoms with Crippen LogP contribution >= 0.6 is 0 Å². The van der Waals surface area contributed by atoms with Gasteiger partial charge in [0, 0.05) is 18.5 Å². The van der Waals surface area contributed by atoms with Gasteiger partial charge in [-0.05, 0) is 27.8 Å². The van der Waals surface area contributed by atoms with Gasteiger partial charge in [0.2, 0.25) is 0 Å². The molecule has 0 bridgehead atoms. The zero-order valence-corrected chi connectivity index (χ0v) is 12.6. The zero-order chi connectivity index (χ0) is 15.5. The van der Waals surface area contributed by atoms with Crippen molar-refractivity contribution < 1.29 is 9.90 Å². The van der Waals surface area contributed by atoms with Crippen LogP contribution < -0.4 is 0 Å². The van der Waals surface area contributed by atoms with Gasteiger partial charge in [0.05, 0.1) is 0 Å². The van der Waals surface area contributed by atoms with Crippen LogP contribution in [0.1, 0.15) is 39.2 Å². The Bertz CT molecular complexity index is 611. The first kappa shape index (κ1) is 15.2. The number of hydrogen-bond donors (Lipinski definition) is 1. The average Bonchev–Trinajstić information content (AvgIpc) is 2.86. The summed E-state index contributed by atoms with van der Waals surface area (Å²) in [7, 11) is 0. The van der Waals surface area contributed by atoms with E-state index in [1.165, 1.54) is 5.56 Å². The van der Waals surface area contributed by atoms with Crippen LogP contribution in [0.5, 0.6) is 0 Å². The van der Waals surface area contributed by atoms with Crippen LogP contribution in [0, 0.1) is 0 Å². The van der Waals surface area contributed by atoms with E-state index in [0.717, 1.165) is 5.56 Å². The summed E-state index contributed by atoms with van der Waals surface area (Å²) in [6.07, 6.45) is 0.621. The number of carboxylic acids is 1. The van der Waals surface area contributed by atoms with Crippen molar-refractivity contribution in [2.24, 2.45) is 0 Å². The number of carbonyl (C=O) groups is 1. The van der Waals surface area contributed by atoms with Crippen molar-refractivity contribution >= 4 is 5.97 Å². The summed E-state index contributed by atoms with van der Waals surface area (Å²) in [5.41, 5.74) is 2.28. The summed E-state index contributed by atoms with van der Waals surface area (Å²) < 4.78 is 1.65. The maximum Gasteiger partial charge on any atom is 0.303 e. The Hall–Kier alpha value is -2.24. The molecule has 112 valence electrons. The second kappa shape index (κ2) is 6.03. The molecule has 0 fully saturated rings. The summed E-state index contributed by atoms with van der Waals surface area (Å²) in [5, 5.41) is 20.3. The Morgan fingerprint density at radius 2 is 1.90 bits per heavy atom. The van der Waals surface area contributed by atoms with Gasteiger partial charge >= 0.3 is 5.97 Å². The van der Waals surface area contributed by atoms with E-state index in [1.54, 1.807) is 4.68 Å². The molecule has 0 radical (unpaired) electrons. The molecule has 0 saturated heterocycles. The highest BCUT2D eigenvalue weighted by Crippen LogP contribution is 2.25. The lowest BCUT2D eigenvalue weighted by molar-refractivity contribution is -0.137. The first-order valence-corrected chi connectivity index (χ1v) is 6.97. The van der Waals surface area contributed by atoms with E-state index in [1.807, 2.05) is 12.1 Å². The summed E-state index contributed by atoms with van der Waals surface area (Å²) in [5.74, 6) is -0.139. The number of hydrogen-bond acceptors (Lipinski definition) is 4. The molecule has 21 heavy (non-hydrogen) atoms. The first-order valence-electron chi connectivity index (χ1n) is 6.97. The molecule has 1 aromatic heterocycles. The monoisotopic (exact) mass is 288 g/mol. The molecule has 0 spiro atoms. The van der Waals surface area contributed by atoms with E-state index < -0.39 is 5.97 Å². The second-order valence-corrected chi connectivity index (χ2v) is 6.05. The quantitative estimate of drug-likeness (QED) is 0.914. The number of nitrogens with zero attached hydrogens (tertiary/aromatic N) is 4. The van der Waals surface area contributed by atoms with Crippen LogP contribution in [0.25, 0.3) is 11.4 Å². The van der Waals surface area contributed by atoms with E-state index in [0.29, 0.717) is 18.8 Å². The highest BCUT2D eigenvalue weighted by molar-refractivity contribution is 5.66. The minimum atomic E-state index is -0.806. The van der Waals surface area contributed by atoms with Gasteiger partial charge in [-0.1, -0.05) is 45.0 Å². The Kier molecular flexibility index (Phi) is 4.35. The number of benzene rings is 1. The fourth-order valence-corrected chi connectivity index (χ4v) is 2.06. The Morgan fingerprint density at radius 3 is 2.48 bits per heavy atom. The lowest BCUT2D eigenvalue weighted by atomic mass is 9.87. The normalized spacial score (nSPS) is 11.6. The van der Waals surface area contributed by atoms with Crippen molar-refractivity contribution in [1.29, 1.82) is 0 Å². The zero-order valence-electron chi connectivity index (χ0n) is 12.6. The van der Waals surface area contributed by atoms with Crippen molar-refractivity contribution in [3.05, 3.63) is 29.8 Å². The highest BCUT2D eigenvalue weighted by atomic mass is 16.4. The van der Waals surface area contributed by atoms with Gasteiger partial charge in [0.15, 0.2) is 5.82 Å². The number of aromatic nitrogens is 4. The molecule has 2 aromatic rings. The van der Waals surface area contributed by atoms with Crippen LogP contribution in [-0.4, -0.2) is 31.3 Å². The highest BCUT2D eigenvalue weighted by Gasteiger charge is 2.15. The molecule has 0 aliphatic heterocycles. The van der Waals surface area contributed by atoms with E-state index in [9.17, 15) is 4.79 Å². The Morgan fingerprint density at radius 1 is 1.24 bits per heavy atom. The second-order valence-electron chi connectivity index (χ2n) is 6.05. The van der Waals surface area contributed by atoms with Crippen LogP contribution in [0.3, 0.4) is 0 Å². The molecule has 1 N–H and O–H groups in total. The molecule has 6 heteroatoms. The molecule has 2 rings (SSSR count). The summed E-state index contributed by atoms with van der Waals surface area (Å²) in [6, 6.07) is 8.15. The van der Waals surface area contributed by atoms with Crippen molar-refractivity contribution in [2.75, 3.05) is 0 Å². The summed E-state index contributed by atoms with van der Waals surface area (Å²) in [4.78, 5) is 10.6. The van der Waals surface area contributed by atoms with Crippen LogP contribution in [-0.2, 0) is 16.8 Å². The molecule has 0 saturated carbocycles. The largest absolute Gasteiger partial charge is 0.481 e. The van der Waals surface area contributed by atoms with Gasteiger partial charge in [0.25, 0.3) is 0 Å². The molecule has 6 nitrogen and oxygen atoms in total. The van der Waals surface area contributed by atoms with Gasteiger partial charge in [-0.15, -0.1) is 5.10 Å². The fourth-order valence-electron chi connectivity index (χ4n) is 2.06. The SMILES string of the molecule is CC(C)(C)c1ccc(-c2nnnn2CCCC(=O)O)cc1. The van der Waals surface area contributed by atoms with Gasteiger partial charge < -0.3 is 5.11 Å². The summed E-state index contributed by atoms with van der Waals surface area (Å²) >= 11 is 0. The third-order valence-electron chi connectivity index (χ3n) is 3.30. The molecule has 0 unspecified atom stereocenters. The summed E-state index contributed by atoms with van der Waals surface area (Å²) in [6.45, 7) is 6.99. The molecular formula is C15H20N4O2. The van der Waals surface area contributed by atoms with Crippen molar-refractivity contribution in [1.82, 2.24) is 20.2 Å². The minimum absolute atomic E-state index is 0.103. The third-order valence-corrected chi connectivity index (χ3v) is 3.30. The van der Waals surface area contributed by atoms with Crippen molar-refractivity contribution in [3.63, 3.8) is 0 Å². The maximum absolute atomic E-state index is 10.6. The van der Waals surface area contributed by atoms with E-state index in [-0.39, 0.29) is 11.8 Å². The standard InChI is InChI=1S/C15H20N4O2/c1-15(2,3)12-8-6-11(7-9-12)14-16-17-18-19(14)10-4-5-13(20)21/h6-9H,4-5,10H2,1-3H3,(H,20,21). The molecule has 0 aliphatic carbocycles. The average molecular weight is 288 g/mol. The number of aryl methyl sites for hydroxylation is 1.